The zero-order chi connectivity index (χ0) is 49.0. The van der Waals surface area contributed by atoms with Crippen LogP contribution in [0.1, 0.15) is 0 Å². The summed E-state index contributed by atoms with van der Waals surface area (Å²) in [5, 5.41) is 4.49. The summed E-state index contributed by atoms with van der Waals surface area (Å²) in [5.74, 6) is 1.70. The van der Waals surface area contributed by atoms with E-state index in [0.29, 0.717) is 17.6 Å². The molecule has 0 spiro atoms. The van der Waals surface area contributed by atoms with Crippen LogP contribution in [0.25, 0.3) is 134 Å². The first-order valence-electron chi connectivity index (χ1n) is 25.1. The lowest BCUT2D eigenvalue weighted by molar-refractivity contribution is 0.953. The molecule has 74 heavy (non-hydrogen) atoms. The predicted octanol–water partition coefficient (Wildman–Crippen LogP) is 17.7. The average Bonchev–Trinajstić information content (AvgIpc) is 4.08. The summed E-state index contributed by atoms with van der Waals surface area (Å²) >= 11 is 0. The van der Waals surface area contributed by atoms with E-state index in [2.05, 4.69) is 270 Å². The van der Waals surface area contributed by atoms with E-state index in [1.54, 1.807) is 0 Å². The van der Waals surface area contributed by atoms with Crippen molar-refractivity contribution < 1.29 is 0 Å². The van der Waals surface area contributed by atoms with Gasteiger partial charge in [0.25, 0.3) is 0 Å². The Morgan fingerprint density at radius 1 is 0.230 bits per heavy atom. The van der Waals surface area contributed by atoms with Crippen molar-refractivity contribution in [2.75, 3.05) is 0 Å². The second-order valence-electron chi connectivity index (χ2n) is 18.8. The largest absolute Gasteiger partial charge is 0.306 e. The van der Waals surface area contributed by atoms with Crippen LogP contribution < -0.4 is 0 Å². The topological polar surface area (TPSA) is 48.5 Å². The van der Waals surface area contributed by atoms with Crippen LogP contribution in [-0.2, 0) is 0 Å². The molecule has 0 aliphatic heterocycles. The molecule has 14 rings (SSSR count). The molecule has 11 aromatic carbocycles. The smallest absolute Gasteiger partial charge is 0.238 e. The van der Waals surface area contributed by atoms with E-state index >= 15 is 0 Å². The zero-order valence-corrected chi connectivity index (χ0v) is 40.2. The van der Waals surface area contributed by atoms with Crippen molar-refractivity contribution in [2.24, 2.45) is 0 Å². The Kier molecular flexibility index (Phi) is 10.4. The molecule has 0 aliphatic carbocycles. The third-order valence-electron chi connectivity index (χ3n) is 14.4. The number of aromatic nitrogens is 5. The molecule has 3 aromatic heterocycles. The highest BCUT2D eigenvalue weighted by atomic mass is 15.2. The van der Waals surface area contributed by atoms with Gasteiger partial charge >= 0.3 is 0 Å². The molecule has 14 aromatic rings. The fraction of sp³-hybridized carbons (Fsp3) is 0. The number of nitrogens with zero attached hydrogens (tertiary/aromatic N) is 5. The van der Waals surface area contributed by atoms with Gasteiger partial charge in [-0.3, -0.25) is 4.57 Å². The van der Waals surface area contributed by atoms with Crippen molar-refractivity contribution in [3.05, 3.63) is 273 Å². The summed E-state index contributed by atoms with van der Waals surface area (Å²) in [6.07, 6.45) is 0. The van der Waals surface area contributed by atoms with Crippen molar-refractivity contribution >= 4 is 43.6 Å². The van der Waals surface area contributed by atoms with Gasteiger partial charge in [-0.2, -0.15) is 9.97 Å². The molecule has 0 N–H and O–H groups in total. The van der Waals surface area contributed by atoms with Gasteiger partial charge in [0.1, 0.15) is 0 Å². The van der Waals surface area contributed by atoms with Gasteiger partial charge in [0.2, 0.25) is 5.95 Å². The summed E-state index contributed by atoms with van der Waals surface area (Å²) < 4.78 is 4.81. The summed E-state index contributed by atoms with van der Waals surface area (Å²) in [6, 6.07) is 97.2. The van der Waals surface area contributed by atoms with Crippen LogP contribution in [0.15, 0.2) is 273 Å². The van der Waals surface area contributed by atoms with Crippen LogP contribution in [0.5, 0.6) is 0 Å². The van der Waals surface area contributed by atoms with Crippen molar-refractivity contribution in [1.29, 1.82) is 0 Å². The van der Waals surface area contributed by atoms with Gasteiger partial charge < -0.3 is 4.57 Å². The average molecular weight is 944 g/mol. The van der Waals surface area contributed by atoms with Crippen molar-refractivity contribution in [1.82, 2.24) is 24.1 Å². The summed E-state index contributed by atoms with van der Waals surface area (Å²) in [6.45, 7) is 0. The molecule has 0 aliphatic rings. The van der Waals surface area contributed by atoms with E-state index in [0.717, 1.165) is 110 Å². The molecule has 346 valence electrons. The second kappa shape index (κ2) is 18.0. The van der Waals surface area contributed by atoms with Crippen LogP contribution in [0, 0.1) is 0 Å². The lowest BCUT2D eigenvalue weighted by Gasteiger charge is -2.20. The van der Waals surface area contributed by atoms with E-state index in [4.69, 9.17) is 15.0 Å². The van der Waals surface area contributed by atoms with Gasteiger partial charge in [0.15, 0.2) is 11.6 Å². The normalized spacial score (nSPS) is 11.5. The number of rotatable bonds is 9. The summed E-state index contributed by atoms with van der Waals surface area (Å²) in [4.78, 5) is 16.5. The highest BCUT2D eigenvalue weighted by molar-refractivity contribution is 6.24. The predicted molar refractivity (Wildman–Crippen MR) is 307 cm³/mol. The molecule has 0 fully saturated rings. The van der Waals surface area contributed by atoms with Crippen LogP contribution in [0.2, 0.25) is 0 Å². The first-order chi connectivity index (χ1) is 36.7. The number of fused-ring (bicyclic) bond motifs is 7. The number of hydrogen-bond donors (Lipinski definition) is 0. The van der Waals surface area contributed by atoms with E-state index in [1.165, 1.54) is 5.56 Å². The van der Waals surface area contributed by atoms with Crippen LogP contribution in [0.3, 0.4) is 0 Å². The van der Waals surface area contributed by atoms with Crippen molar-refractivity contribution in [3.63, 3.8) is 0 Å². The Bertz CT molecular complexity index is 4300. The molecule has 0 unspecified atom stereocenters. The molecular weight excluding hydrogens is 899 g/mol. The van der Waals surface area contributed by atoms with Crippen molar-refractivity contribution in [2.45, 2.75) is 0 Å². The second-order valence-corrected chi connectivity index (χ2v) is 18.8. The van der Waals surface area contributed by atoms with E-state index in [1.807, 2.05) is 12.1 Å². The quantitative estimate of drug-likeness (QED) is 0.145. The first kappa shape index (κ1) is 42.9. The molecular formula is C69H45N5. The molecule has 3 heterocycles. The van der Waals surface area contributed by atoms with Gasteiger partial charge in [-0.25, -0.2) is 4.98 Å². The lowest BCUT2D eigenvalue weighted by atomic mass is 9.93. The molecule has 0 amide bonds. The molecule has 0 saturated carbocycles. The Morgan fingerprint density at radius 3 is 1.08 bits per heavy atom. The monoisotopic (exact) mass is 943 g/mol. The summed E-state index contributed by atoms with van der Waals surface area (Å²) in [5.41, 5.74) is 18.3. The Hall–Kier alpha value is -9.97. The van der Waals surface area contributed by atoms with Crippen LogP contribution >= 0.6 is 0 Å². The third-order valence-corrected chi connectivity index (χ3v) is 14.4. The molecule has 0 bridgehead atoms. The maximum Gasteiger partial charge on any atom is 0.238 e. The Labute approximate surface area is 428 Å². The fourth-order valence-electron chi connectivity index (χ4n) is 11.0. The molecule has 0 saturated heterocycles. The first-order valence-corrected chi connectivity index (χ1v) is 25.1. The minimum atomic E-state index is 0.530. The van der Waals surface area contributed by atoms with Crippen LogP contribution in [-0.4, -0.2) is 24.1 Å². The van der Waals surface area contributed by atoms with Crippen LogP contribution in [0.4, 0.5) is 0 Å². The van der Waals surface area contributed by atoms with Crippen molar-refractivity contribution in [3.8, 4) is 90.0 Å². The van der Waals surface area contributed by atoms with Gasteiger partial charge in [0, 0.05) is 43.8 Å². The van der Waals surface area contributed by atoms with Gasteiger partial charge in [-0.05, 0) is 74.8 Å². The minimum Gasteiger partial charge on any atom is -0.306 e. The van der Waals surface area contributed by atoms with Gasteiger partial charge in [-0.15, -0.1) is 0 Å². The molecule has 5 nitrogen and oxygen atoms in total. The minimum absolute atomic E-state index is 0.530. The fourth-order valence-corrected chi connectivity index (χ4v) is 11.0. The molecule has 0 radical (unpaired) electrons. The maximum atomic E-state index is 5.55. The molecule has 5 heteroatoms. The van der Waals surface area contributed by atoms with E-state index < -0.39 is 0 Å². The zero-order valence-electron chi connectivity index (χ0n) is 40.2. The number of para-hydroxylation sites is 3. The highest BCUT2D eigenvalue weighted by Gasteiger charge is 2.26. The maximum absolute atomic E-state index is 5.55. The summed E-state index contributed by atoms with van der Waals surface area (Å²) in [7, 11) is 0. The van der Waals surface area contributed by atoms with E-state index in [9.17, 15) is 0 Å². The lowest BCUT2D eigenvalue weighted by Crippen LogP contribution is -2.08. The number of hydrogen-bond acceptors (Lipinski definition) is 3. The SMILES string of the molecule is c1ccc(-c2cccc(-c3nc(-c4cccc(-c5ccccc5)c4)nc(-n4c5ccccc5c5ccc6c7ccccc7n(-c7c(-c8ccccc8)cccc7-c7cccc(-c8ccccc8)c7)c6c54)n3)c2)cc1. The van der Waals surface area contributed by atoms with Gasteiger partial charge in [0.05, 0.1) is 27.8 Å². The van der Waals surface area contributed by atoms with E-state index in [-0.39, 0.29) is 0 Å². The Balaban J connectivity index is 1.10. The molecule has 0 atom stereocenters. The highest BCUT2D eigenvalue weighted by Crippen LogP contribution is 2.46. The number of benzene rings is 11. The Morgan fingerprint density at radius 2 is 0.581 bits per heavy atom. The third kappa shape index (κ3) is 7.37. The van der Waals surface area contributed by atoms with Gasteiger partial charge in [-0.1, -0.05) is 243 Å². The standard InChI is InChI=1S/C69H45N5/c1-5-21-46(22-6-1)50-29-17-32-53(43-50)57-38-20-37-56(49-27-11-4-12-28-49)64(57)73-62-39-15-13-35-58(62)60-41-42-61-59-36-14-16-40-63(59)74(66(61)65(60)73)69-71-67(54-33-18-30-51(44-54)47-23-7-2-8-24-47)70-68(72-69)55-34-19-31-52(45-55)48-25-9-3-10-26-48/h1-45H.